The Balaban J connectivity index is 2.16. The summed E-state index contributed by atoms with van der Waals surface area (Å²) in [5.74, 6) is 2.51. The first-order valence-corrected chi connectivity index (χ1v) is 7.58. The number of thioether (sulfide) groups is 1. The summed E-state index contributed by atoms with van der Waals surface area (Å²) < 4.78 is 0. The molecule has 1 aromatic heterocycles. The zero-order valence-corrected chi connectivity index (χ0v) is 11.5. The Morgan fingerprint density at radius 1 is 1.47 bits per heavy atom. The molecule has 0 spiro atoms. The van der Waals surface area contributed by atoms with Gasteiger partial charge in [-0.15, -0.1) is 11.3 Å². The molecule has 0 fully saturated rings. The third kappa shape index (κ3) is 5.05. The molecule has 0 aromatic carbocycles. The van der Waals surface area contributed by atoms with Gasteiger partial charge >= 0.3 is 0 Å². The summed E-state index contributed by atoms with van der Waals surface area (Å²) in [7, 11) is 0. The van der Waals surface area contributed by atoms with E-state index in [9.17, 15) is 0 Å². The predicted octanol–water partition coefficient (Wildman–Crippen LogP) is 3.85. The fourth-order valence-corrected chi connectivity index (χ4v) is 2.97. The molecule has 1 heterocycles. The Kier molecular flexibility index (Phi) is 6.37. The molecule has 1 atom stereocenters. The van der Waals surface area contributed by atoms with Crippen LogP contribution in [0.15, 0.2) is 12.1 Å². The monoisotopic (exact) mass is 243 g/mol. The van der Waals surface area contributed by atoms with Gasteiger partial charge in [0.15, 0.2) is 0 Å². The quantitative estimate of drug-likeness (QED) is 0.730. The zero-order chi connectivity index (χ0) is 11.1. The van der Waals surface area contributed by atoms with Gasteiger partial charge in [-0.3, -0.25) is 0 Å². The lowest BCUT2D eigenvalue weighted by atomic mass is 10.2. The van der Waals surface area contributed by atoms with Crippen molar-refractivity contribution >= 4 is 23.1 Å². The molecule has 15 heavy (non-hydrogen) atoms. The minimum Gasteiger partial charge on any atom is -0.309 e. The number of thiophene rings is 1. The van der Waals surface area contributed by atoms with Crippen LogP contribution in [-0.4, -0.2) is 18.1 Å². The second-order valence-electron chi connectivity index (χ2n) is 3.67. The average molecular weight is 243 g/mol. The van der Waals surface area contributed by atoms with Crippen LogP contribution in [0.2, 0.25) is 0 Å². The van der Waals surface area contributed by atoms with Crippen molar-refractivity contribution in [2.24, 2.45) is 0 Å². The van der Waals surface area contributed by atoms with Crippen LogP contribution in [0.4, 0.5) is 0 Å². The molecular weight excluding hydrogens is 222 g/mol. The van der Waals surface area contributed by atoms with E-state index in [1.54, 1.807) is 0 Å². The highest BCUT2D eigenvalue weighted by molar-refractivity contribution is 7.99. The first-order chi connectivity index (χ1) is 7.24. The summed E-state index contributed by atoms with van der Waals surface area (Å²) in [4.78, 5) is 2.86. The lowest BCUT2D eigenvalue weighted by Gasteiger charge is -2.11. The summed E-state index contributed by atoms with van der Waals surface area (Å²) >= 11 is 3.92. The summed E-state index contributed by atoms with van der Waals surface area (Å²) in [5, 5.41) is 3.57. The summed E-state index contributed by atoms with van der Waals surface area (Å²) in [6, 6.07) is 4.94. The van der Waals surface area contributed by atoms with Gasteiger partial charge in [0.2, 0.25) is 0 Å². The van der Waals surface area contributed by atoms with Gasteiger partial charge in [0, 0.05) is 15.8 Å². The van der Waals surface area contributed by atoms with Crippen molar-refractivity contribution in [3.05, 3.63) is 21.9 Å². The number of aryl methyl sites for hydroxylation is 1. The SMILES string of the molecule is CCSCCCNC(C)c1ccc(C)s1. The first-order valence-electron chi connectivity index (χ1n) is 5.61. The summed E-state index contributed by atoms with van der Waals surface area (Å²) in [6.45, 7) is 7.76. The van der Waals surface area contributed by atoms with Gasteiger partial charge in [-0.1, -0.05) is 6.92 Å². The maximum absolute atomic E-state index is 3.57. The molecule has 0 saturated carbocycles. The maximum atomic E-state index is 3.57. The Labute approximate surface area is 102 Å². The highest BCUT2D eigenvalue weighted by atomic mass is 32.2. The van der Waals surface area contributed by atoms with E-state index >= 15 is 0 Å². The van der Waals surface area contributed by atoms with Gasteiger partial charge in [0.25, 0.3) is 0 Å². The molecule has 0 aliphatic heterocycles. The first kappa shape index (κ1) is 13.1. The smallest absolute Gasteiger partial charge is 0.0386 e. The Bertz CT molecular complexity index is 270. The van der Waals surface area contributed by atoms with Gasteiger partial charge in [-0.05, 0) is 50.5 Å². The van der Waals surface area contributed by atoms with Crippen LogP contribution in [-0.2, 0) is 0 Å². The molecule has 0 radical (unpaired) electrons. The maximum Gasteiger partial charge on any atom is 0.0386 e. The molecule has 1 rings (SSSR count). The van der Waals surface area contributed by atoms with Crippen LogP contribution in [0.25, 0.3) is 0 Å². The number of hydrogen-bond acceptors (Lipinski definition) is 3. The Morgan fingerprint density at radius 3 is 2.87 bits per heavy atom. The Morgan fingerprint density at radius 2 is 2.27 bits per heavy atom. The Hall–Kier alpha value is 0.01000. The highest BCUT2D eigenvalue weighted by Crippen LogP contribution is 2.22. The molecule has 1 N–H and O–H groups in total. The van der Waals surface area contributed by atoms with Gasteiger partial charge in [-0.25, -0.2) is 0 Å². The van der Waals surface area contributed by atoms with Crippen LogP contribution < -0.4 is 5.32 Å². The largest absolute Gasteiger partial charge is 0.309 e. The van der Waals surface area contributed by atoms with E-state index < -0.39 is 0 Å². The van der Waals surface area contributed by atoms with Crippen LogP contribution in [0.1, 0.15) is 36.1 Å². The zero-order valence-electron chi connectivity index (χ0n) is 9.88. The van der Waals surface area contributed by atoms with E-state index in [2.05, 4.69) is 38.2 Å². The summed E-state index contributed by atoms with van der Waals surface area (Å²) in [5.41, 5.74) is 0. The lowest BCUT2D eigenvalue weighted by Crippen LogP contribution is -2.19. The number of nitrogens with one attached hydrogen (secondary N) is 1. The van der Waals surface area contributed by atoms with Crippen LogP contribution in [0, 0.1) is 6.92 Å². The van der Waals surface area contributed by atoms with Crippen molar-refractivity contribution in [1.29, 1.82) is 0 Å². The second-order valence-corrected chi connectivity index (χ2v) is 6.39. The predicted molar refractivity (Wildman–Crippen MR) is 73.1 cm³/mol. The van der Waals surface area contributed by atoms with Crippen molar-refractivity contribution in [2.45, 2.75) is 33.2 Å². The fraction of sp³-hybridized carbons (Fsp3) is 0.667. The van der Waals surface area contributed by atoms with Crippen molar-refractivity contribution in [2.75, 3.05) is 18.1 Å². The van der Waals surface area contributed by atoms with Crippen molar-refractivity contribution < 1.29 is 0 Å². The van der Waals surface area contributed by atoms with Gasteiger partial charge < -0.3 is 5.32 Å². The van der Waals surface area contributed by atoms with Gasteiger partial charge in [0.1, 0.15) is 0 Å². The lowest BCUT2D eigenvalue weighted by molar-refractivity contribution is 0.580. The van der Waals surface area contributed by atoms with Gasteiger partial charge in [0.05, 0.1) is 0 Å². The van der Waals surface area contributed by atoms with Crippen LogP contribution >= 0.6 is 23.1 Å². The van der Waals surface area contributed by atoms with Crippen LogP contribution in [0.5, 0.6) is 0 Å². The minimum atomic E-state index is 0.510. The third-order valence-electron chi connectivity index (χ3n) is 2.31. The van der Waals surface area contributed by atoms with Crippen molar-refractivity contribution in [3.8, 4) is 0 Å². The number of rotatable bonds is 7. The summed E-state index contributed by atoms with van der Waals surface area (Å²) in [6.07, 6.45) is 1.27. The van der Waals surface area contributed by atoms with E-state index in [4.69, 9.17) is 0 Å². The third-order valence-corrected chi connectivity index (χ3v) is 4.48. The fourth-order valence-electron chi connectivity index (χ4n) is 1.42. The molecule has 3 heteroatoms. The molecule has 1 unspecified atom stereocenters. The van der Waals surface area contributed by atoms with E-state index in [0.717, 1.165) is 6.54 Å². The molecule has 1 nitrogen and oxygen atoms in total. The second kappa shape index (κ2) is 7.31. The molecule has 0 aliphatic carbocycles. The topological polar surface area (TPSA) is 12.0 Å². The van der Waals surface area contributed by atoms with E-state index in [1.807, 2.05) is 23.1 Å². The molecule has 86 valence electrons. The highest BCUT2D eigenvalue weighted by Gasteiger charge is 2.05. The minimum absolute atomic E-state index is 0.510. The van der Waals surface area contributed by atoms with E-state index in [1.165, 1.54) is 27.7 Å². The van der Waals surface area contributed by atoms with Crippen LogP contribution in [0.3, 0.4) is 0 Å². The molecule has 0 saturated heterocycles. The van der Waals surface area contributed by atoms with E-state index in [-0.39, 0.29) is 0 Å². The number of hydrogen-bond donors (Lipinski definition) is 1. The van der Waals surface area contributed by atoms with Gasteiger partial charge in [-0.2, -0.15) is 11.8 Å². The molecule has 0 amide bonds. The normalized spacial score (nSPS) is 13.0. The molecule has 1 aromatic rings. The molecule has 0 aliphatic rings. The van der Waals surface area contributed by atoms with E-state index in [0.29, 0.717) is 6.04 Å². The van der Waals surface area contributed by atoms with Crippen molar-refractivity contribution in [3.63, 3.8) is 0 Å². The average Bonchev–Trinajstić information content (AvgIpc) is 2.64. The molecule has 0 bridgehead atoms. The van der Waals surface area contributed by atoms with Crippen molar-refractivity contribution in [1.82, 2.24) is 5.32 Å². The molecular formula is C12H21NS2. The standard InChI is InChI=1S/C12H21NS2/c1-4-14-9-5-8-13-11(3)12-7-6-10(2)15-12/h6-7,11,13H,4-5,8-9H2,1-3H3.